The number of nitrogens with one attached hydrogen (secondary N) is 2. The van der Waals surface area contributed by atoms with E-state index in [2.05, 4.69) is 55.2 Å². The normalized spacial score (nSPS) is 16.7. The van der Waals surface area contributed by atoms with E-state index < -0.39 is 0 Å². The molecule has 1 amide bonds. The SMILES string of the molecule is C=C(CNc1ccc(CNc2cc(N3CCCC[C@H]3CCO)nc3c(CC)cnn23)cn1)C(=O)N1CCC[C@@H](n2nc(-c3ccc(Oc4ccccc4)cc3)c3c(N)ncnc32)C1. The average Bonchev–Trinajstić information content (AvgIpc) is 3.94. The number of fused-ring (bicyclic) bond motifs is 2. The lowest BCUT2D eigenvalue weighted by atomic mass is 9.99. The van der Waals surface area contributed by atoms with Crippen molar-refractivity contribution < 1.29 is 14.6 Å². The molecule has 5 aromatic heterocycles. The molecule has 2 fully saturated rings. The molecule has 324 valence electrons. The number of nitrogens with zero attached hydrogens (tertiary/aromatic N) is 10. The van der Waals surface area contributed by atoms with Crippen LogP contribution in [0.4, 0.5) is 23.3 Å². The molecule has 0 radical (unpaired) electrons. The molecule has 2 aliphatic heterocycles. The van der Waals surface area contributed by atoms with E-state index >= 15 is 0 Å². The van der Waals surface area contributed by atoms with Crippen LogP contribution in [-0.4, -0.2) is 94.1 Å². The number of rotatable bonds is 15. The standard InChI is InChI=1S/C47H53N13O3/c1-3-33-28-54-60-40(24-41(55-45(33)60)58-22-8-7-10-35(58)20-23-61)51-27-32-14-19-39(50-26-32)49-25-31(2)47(62)57-21-9-11-36(29-57)59-46-42(44(48)52-30-53-46)43(56-59)34-15-17-38(18-16-34)63-37-12-5-4-6-13-37/h4-6,12-19,24,26,28,30,35-36,51,61H,2-3,7-11,20-23,25,27,29H2,1H3,(H,49,50)(H2,48,52,53)/t35-,36+/m0/s1. The number of likely N-dealkylation sites (tertiary alicyclic amines) is 1. The molecule has 2 saturated heterocycles. The van der Waals surface area contributed by atoms with E-state index in [0.29, 0.717) is 59.3 Å². The molecule has 0 unspecified atom stereocenters. The first-order chi connectivity index (χ1) is 30.9. The number of nitrogens with two attached hydrogens (primary N) is 1. The number of para-hydroxylation sites is 1. The molecule has 5 N–H and O–H groups in total. The third-order valence-corrected chi connectivity index (χ3v) is 12.0. The topological polar surface area (TPSA) is 190 Å². The van der Waals surface area contributed by atoms with Crippen molar-refractivity contribution >= 4 is 45.9 Å². The molecule has 0 bridgehead atoms. The Morgan fingerprint density at radius 2 is 1.78 bits per heavy atom. The second kappa shape index (κ2) is 18.5. The number of aliphatic hydroxyl groups excluding tert-OH is 1. The fraction of sp³-hybridized carbons (Fsp3) is 0.340. The number of nitrogen functional groups attached to an aromatic ring is 1. The van der Waals surface area contributed by atoms with Crippen LogP contribution in [0, 0.1) is 0 Å². The second-order valence-corrected chi connectivity index (χ2v) is 16.2. The van der Waals surface area contributed by atoms with Crippen molar-refractivity contribution in [1.29, 1.82) is 0 Å². The Morgan fingerprint density at radius 1 is 0.937 bits per heavy atom. The quantitative estimate of drug-likeness (QED) is 0.0769. The van der Waals surface area contributed by atoms with E-state index in [1.807, 2.05) is 93.2 Å². The maximum atomic E-state index is 13.8. The zero-order chi connectivity index (χ0) is 43.3. The molecule has 63 heavy (non-hydrogen) atoms. The van der Waals surface area contributed by atoms with Crippen molar-refractivity contribution in [1.82, 2.24) is 44.2 Å². The second-order valence-electron chi connectivity index (χ2n) is 16.2. The number of hydrogen-bond acceptors (Lipinski definition) is 13. The first-order valence-corrected chi connectivity index (χ1v) is 21.8. The molecule has 7 aromatic rings. The van der Waals surface area contributed by atoms with E-state index in [4.69, 9.17) is 20.6 Å². The molecule has 2 aromatic carbocycles. The molecule has 7 heterocycles. The summed E-state index contributed by atoms with van der Waals surface area (Å²) in [7, 11) is 0. The van der Waals surface area contributed by atoms with Crippen LogP contribution in [0.5, 0.6) is 11.5 Å². The number of aromatic nitrogens is 8. The molecular weight excluding hydrogens is 795 g/mol. The summed E-state index contributed by atoms with van der Waals surface area (Å²) in [6, 6.07) is 23.5. The summed E-state index contributed by atoms with van der Waals surface area (Å²) in [5.74, 6) is 4.08. The van der Waals surface area contributed by atoms with Crippen LogP contribution < -0.4 is 26.0 Å². The lowest BCUT2D eigenvalue weighted by Crippen LogP contribution is -2.42. The predicted molar refractivity (Wildman–Crippen MR) is 245 cm³/mol. The highest BCUT2D eigenvalue weighted by molar-refractivity contribution is 5.98. The number of aliphatic hydroxyl groups is 1. The third kappa shape index (κ3) is 8.84. The molecule has 2 aliphatic rings. The molecule has 0 saturated carbocycles. The fourth-order valence-electron chi connectivity index (χ4n) is 8.69. The minimum absolute atomic E-state index is 0.118. The summed E-state index contributed by atoms with van der Waals surface area (Å²) in [6.07, 6.45) is 11.6. The number of aryl methyl sites for hydroxylation is 1. The van der Waals surface area contributed by atoms with Gasteiger partial charge in [-0.1, -0.05) is 37.8 Å². The van der Waals surface area contributed by atoms with Crippen LogP contribution in [0.25, 0.3) is 27.9 Å². The van der Waals surface area contributed by atoms with E-state index in [0.717, 1.165) is 91.2 Å². The van der Waals surface area contributed by atoms with Gasteiger partial charge in [0.25, 0.3) is 5.91 Å². The number of benzene rings is 2. The summed E-state index contributed by atoms with van der Waals surface area (Å²) < 4.78 is 9.77. The van der Waals surface area contributed by atoms with E-state index in [-0.39, 0.29) is 31.1 Å². The maximum absolute atomic E-state index is 13.8. The molecular formula is C47H53N13O3. The van der Waals surface area contributed by atoms with Gasteiger partial charge >= 0.3 is 0 Å². The highest BCUT2D eigenvalue weighted by Crippen LogP contribution is 2.35. The van der Waals surface area contributed by atoms with E-state index in [1.54, 1.807) is 0 Å². The average molecular weight is 848 g/mol. The summed E-state index contributed by atoms with van der Waals surface area (Å²) in [5.41, 5.74) is 12.0. The van der Waals surface area contributed by atoms with Gasteiger partial charge in [-0.3, -0.25) is 4.79 Å². The summed E-state index contributed by atoms with van der Waals surface area (Å²) >= 11 is 0. The van der Waals surface area contributed by atoms with Crippen molar-refractivity contribution in [2.24, 2.45) is 0 Å². The van der Waals surface area contributed by atoms with Crippen LogP contribution in [0.1, 0.15) is 62.6 Å². The van der Waals surface area contributed by atoms with Gasteiger partial charge in [0.2, 0.25) is 0 Å². The van der Waals surface area contributed by atoms with Crippen LogP contribution >= 0.6 is 0 Å². The molecule has 9 rings (SSSR count). The molecule has 16 nitrogen and oxygen atoms in total. The van der Waals surface area contributed by atoms with Crippen LogP contribution in [-0.2, 0) is 17.8 Å². The van der Waals surface area contributed by atoms with Crippen molar-refractivity contribution in [2.75, 3.05) is 54.1 Å². The summed E-state index contributed by atoms with van der Waals surface area (Å²) in [6.45, 7) is 9.18. The van der Waals surface area contributed by atoms with Gasteiger partial charge in [-0.15, -0.1) is 0 Å². The molecule has 2 atom stereocenters. The number of hydrogen-bond donors (Lipinski definition) is 4. The Labute approximate surface area is 365 Å². The zero-order valence-electron chi connectivity index (χ0n) is 35.5. The van der Waals surface area contributed by atoms with Crippen LogP contribution in [0.3, 0.4) is 0 Å². The van der Waals surface area contributed by atoms with E-state index in [1.165, 1.54) is 6.33 Å². The Bertz CT molecular complexity index is 2700. The lowest BCUT2D eigenvalue weighted by molar-refractivity contribution is -0.128. The number of carbonyl (C=O) groups excluding carboxylic acids is 1. The van der Waals surface area contributed by atoms with Crippen molar-refractivity contribution in [3.05, 3.63) is 115 Å². The van der Waals surface area contributed by atoms with Gasteiger partial charge in [0.05, 0.1) is 17.6 Å². The Hall–Kier alpha value is -7.07. The van der Waals surface area contributed by atoms with E-state index in [9.17, 15) is 9.90 Å². The molecule has 0 spiro atoms. The number of ether oxygens (including phenoxy) is 1. The highest BCUT2D eigenvalue weighted by atomic mass is 16.5. The number of carbonyl (C=O) groups is 1. The van der Waals surface area contributed by atoms with Crippen molar-refractivity contribution in [2.45, 2.75) is 70.5 Å². The van der Waals surface area contributed by atoms with Crippen LogP contribution in [0.15, 0.2) is 104 Å². The first-order valence-electron chi connectivity index (χ1n) is 21.8. The predicted octanol–water partition coefficient (Wildman–Crippen LogP) is 7.05. The summed E-state index contributed by atoms with van der Waals surface area (Å²) in [4.78, 5) is 36.6. The maximum Gasteiger partial charge on any atom is 0.251 e. The lowest BCUT2D eigenvalue weighted by Gasteiger charge is -2.36. The van der Waals surface area contributed by atoms with Gasteiger partial charge < -0.3 is 36.0 Å². The number of pyridine rings is 1. The Morgan fingerprint density at radius 3 is 2.57 bits per heavy atom. The number of anilines is 4. The number of amides is 1. The van der Waals surface area contributed by atoms with Gasteiger partial charge in [0, 0.05) is 74.3 Å². The van der Waals surface area contributed by atoms with Crippen LogP contribution in [0.2, 0.25) is 0 Å². The fourth-order valence-corrected chi connectivity index (χ4v) is 8.69. The smallest absolute Gasteiger partial charge is 0.251 e. The Kier molecular flexibility index (Phi) is 12.1. The monoisotopic (exact) mass is 847 g/mol. The van der Waals surface area contributed by atoms with Crippen molar-refractivity contribution in [3.63, 3.8) is 0 Å². The first kappa shape index (κ1) is 41.3. The third-order valence-electron chi connectivity index (χ3n) is 12.0. The Balaban J connectivity index is 0.827. The van der Waals surface area contributed by atoms with Gasteiger partial charge in [0.1, 0.15) is 46.8 Å². The largest absolute Gasteiger partial charge is 0.457 e. The van der Waals surface area contributed by atoms with Gasteiger partial charge in [-0.2, -0.15) is 14.7 Å². The van der Waals surface area contributed by atoms with Gasteiger partial charge in [-0.25, -0.2) is 24.6 Å². The number of piperidine rings is 2. The minimum atomic E-state index is -0.123. The molecule has 0 aliphatic carbocycles. The minimum Gasteiger partial charge on any atom is -0.457 e. The van der Waals surface area contributed by atoms with Crippen molar-refractivity contribution in [3.8, 4) is 22.8 Å². The van der Waals surface area contributed by atoms with Gasteiger partial charge in [0.15, 0.2) is 11.3 Å². The highest BCUT2D eigenvalue weighted by Gasteiger charge is 2.30. The summed E-state index contributed by atoms with van der Waals surface area (Å²) in [5, 5.41) is 27.0. The van der Waals surface area contributed by atoms with Gasteiger partial charge in [-0.05, 0) is 93.0 Å². The molecule has 16 heteroatoms. The zero-order valence-corrected chi connectivity index (χ0v) is 35.5.